The first-order valence-electron chi connectivity index (χ1n) is 12.0. The molecule has 0 saturated carbocycles. The number of para-hydroxylation sites is 1. The molecule has 12 heteroatoms. The summed E-state index contributed by atoms with van der Waals surface area (Å²) in [4.78, 5) is 36.5. The number of morpholine rings is 1. The average Bonchev–Trinajstić information content (AvgIpc) is 2.94. The molecule has 2 aromatic carbocycles. The van der Waals surface area contributed by atoms with Crippen molar-refractivity contribution in [3.8, 4) is 0 Å². The number of ketones is 1. The predicted octanol–water partition coefficient (Wildman–Crippen LogP) is 1.42. The van der Waals surface area contributed by atoms with Gasteiger partial charge in [0.1, 0.15) is 0 Å². The number of ether oxygens (including phenoxy) is 1. The zero-order valence-corrected chi connectivity index (χ0v) is 21.6. The van der Waals surface area contributed by atoms with E-state index in [1.165, 1.54) is 22.1 Å². The van der Waals surface area contributed by atoms with Gasteiger partial charge in [-0.15, -0.1) is 0 Å². The quantitative estimate of drug-likeness (QED) is 0.369. The van der Waals surface area contributed by atoms with Gasteiger partial charge in [0.15, 0.2) is 5.78 Å². The third-order valence-corrected chi connectivity index (χ3v) is 7.93. The van der Waals surface area contributed by atoms with Crippen LogP contribution in [0.5, 0.6) is 0 Å². The second kappa shape index (κ2) is 13.8. The summed E-state index contributed by atoms with van der Waals surface area (Å²) in [7, 11) is -3.54. The SMILES string of the molecule is O=C(CN1CCN(c2ccccc2)CC1)c1ccc(S(=O)(=O)N2CCOCC2)cc1.O=C(O)/C=C/C(=O)O. The van der Waals surface area contributed by atoms with Gasteiger partial charge in [0.2, 0.25) is 10.0 Å². The summed E-state index contributed by atoms with van der Waals surface area (Å²) in [6.07, 6.45) is 1.12. The Morgan fingerprint density at radius 2 is 1.34 bits per heavy atom. The summed E-state index contributed by atoms with van der Waals surface area (Å²) in [5, 5.41) is 15.6. The molecule has 2 aromatic rings. The van der Waals surface area contributed by atoms with E-state index in [2.05, 4.69) is 21.9 Å². The number of nitrogens with zero attached hydrogens (tertiary/aromatic N) is 3. The second-order valence-electron chi connectivity index (χ2n) is 8.57. The molecule has 4 rings (SSSR count). The first kappa shape index (κ1) is 29.0. The molecule has 2 heterocycles. The van der Waals surface area contributed by atoms with E-state index in [0.717, 1.165) is 26.2 Å². The zero-order valence-electron chi connectivity index (χ0n) is 20.8. The highest BCUT2D eigenvalue weighted by molar-refractivity contribution is 7.89. The number of hydrogen-bond donors (Lipinski definition) is 2. The van der Waals surface area contributed by atoms with Gasteiger partial charge >= 0.3 is 11.9 Å². The molecular formula is C26H31N3O8S. The van der Waals surface area contributed by atoms with Crippen LogP contribution in [0.2, 0.25) is 0 Å². The number of rotatable bonds is 8. The number of Topliss-reactive ketones (excluding diaryl/α,β-unsaturated/α-hetero) is 1. The molecule has 0 amide bonds. The number of benzene rings is 2. The molecule has 0 aliphatic carbocycles. The molecule has 0 spiro atoms. The number of piperazine rings is 1. The van der Waals surface area contributed by atoms with Crippen molar-refractivity contribution in [1.82, 2.24) is 9.21 Å². The van der Waals surface area contributed by atoms with Crippen LogP contribution < -0.4 is 4.90 Å². The predicted molar refractivity (Wildman–Crippen MR) is 140 cm³/mol. The van der Waals surface area contributed by atoms with Crippen molar-refractivity contribution < 1.29 is 37.8 Å². The minimum atomic E-state index is -3.54. The van der Waals surface area contributed by atoms with Gasteiger partial charge in [-0.3, -0.25) is 9.69 Å². The maximum absolute atomic E-state index is 12.7. The van der Waals surface area contributed by atoms with Crippen molar-refractivity contribution in [3.05, 3.63) is 72.3 Å². The number of hydrogen-bond acceptors (Lipinski definition) is 8. The summed E-state index contributed by atoms with van der Waals surface area (Å²) in [5.41, 5.74) is 1.75. The molecule has 2 N–H and O–H groups in total. The number of sulfonamides is 1. The molecule has 2 saturated heterocycles. The summed E-state index contributed by atoms with van der Waals surface area (Å²) >= 11 is 0. The highest BCUT2D eigenvalue weighted by Crippen LogP contribution is 2.19. The fraction of sp³-hybridized carbons (Fsp3) is 0.346. The molecule has 38 heavy (non-hydrogen) atoms. The topological polar surface area (TPSA) is 145 Å². The largest absolute Gasteiger partial charge is 0.478 e. The Labute approximate surface area is 221 Å². The van der Waals surface area contributed by atoms with Crippen molar-refractivity contribution in [1.29, 1.82) is 0 Å². The number of anilines is 1. The average molecular weight is 546 g/mol. The van der Waals surface area contributed by atoms with Crippen LogP contribution in [0.25, 0.3) is 0 Å². The zero-order chi connectivity index (χ0) is 27.5. The lowest BCUT2D eigenvalue weighted by Gasteiger charge is -2.35. The summed E-state index contributed by atoms with van der Waals surface area (Å²) in [6, 6.07) is 16.6. The fourth-order valence-corrected chi connectivity index (χ4v) is 5.40. The molecule has 0 bridgehead atoms. The summed E-state index contributed by atoms with van der Waals surface area (Å²) < 4.78 is 32.1. The van der Waals surface area contributed by atoms with Crippen LogP contribution in [0.3, 0.4) is 0 Å². The first-order valence-corrected chi connectivity index (χ1v) is 13.5. The highest BCUT2D eigenvalue weighted by atomic mass is 32.2. The lowest BCUT2D eigenvalue weighted by molar-refractivity contribution is -0.134. The lowest BCUT2D eigenvalue weighted by atomic mass is 10.1. The van der Waals surface area contributed by atoms with Gasteiger partial charge in [-0.2, -0.15) is 4.31 Å². The van der Waals surface area contributed by atoms with Crippen molar-refractivity contribution in [2.75, 3.05) is 63.9 Å². The molecular weight excluding hydrogens is 514 g/mol. The number of carbonyl (C=O) groups excluding carboxylic acids is 1. The van der Waals surface area contributed by atoms with E-state index in [-0.39, 0.29) is 10.7 Å². The maximum Gasteiger partial charge on any atom is 0.328 e. The molecule has 0 radical (unpaired) electrons. The Morgan fingerprint density at radius 3 is 1.87 bits per heavy atom. The van der Waals surface area contributed by atoms with Gasteiger partial charge in [0, 0.05) is 62.7 Å². The van der Waals surface area contributed by atoms with Crippen LogP contribution in [0, 0.1) is 0 Å². The number of carboxylic acid groups (broad SMARTS) is 2. The molecule has 204 valence electrons. The van der Waals surface area contributed by atoms with Gasteiger partial charge in [-0.25, -0.2) is 18.0 Å². The minimum Gasteiger partial charge on any atom is -0.478 e. The van der Waals surface area contributed by atoms with Crippen LogP contribution in [-0.2, 0) is 24.3 Å². The van der Waals surface area contributed by atoms with Crippen LogP contribution in [0.1, 0.15) is 10.4 Å². The van der Waals surface area contributed by atoms with E-state index in [0.29, 0.717) is 50.6 Å². The third kappa shape index (κ3) is 8.48. The van der Waals surface area contributed by atoms with Gasteiger partial charge in [0.25, 0.3) is 0 Å². The Kier molecular flexibility index (Phi) is 10.5. The molecule has 11 nitrogen and oxygen atoms in total. The summed E-state index contributed by atoms with van der Waals surface area (Å²) in [6.45, 7) is 5.30. The molecule has 0 atom stereocenters. The standard InChI is InChI=1S/C22H27N3O4S.C4H4O4/c26-22(18-23-10-12-24(13-11-23)20-4-2-1-3-5-20)19-6-8-21(9-7-19)30(27,28)25-14-16-29-17-15-25;5-3(6)1-2-4(7)8/h1-9H,10-18H2;1-2H,(H,5,6)(H,7,8)/b;2-1+. The maximum atomic E-state index is 12.7. The fourth-order valence-electron chi connectivity index (χ4n) is 3.99. The third-order valence-electron chi connectivity index (χ3n) is 6.01. The van der Waals surface area contributed by atoms with E-state index in [4.69, 9.17) is 14.9 Å². The number of aliphatic carboxylic acids is 2. The Hall–Kier alpha value is -3.58. The van der Waals surface area contributed by atoms with Gasteiger partial charge in [-0.1, -0.05) is 30.3 Å². The first-order chi connectivity index (χ1) is 18.2. The van der Waals surface area contributed by atoms with Gasteiger partial charge < -0.3 is 19.8 Å². The smallest absolute Gasteiger partial charge is 0.328 e. The highest BCUT2D eigenvalue weighted by Gasteiger charge is 2.26. The Bertz CT molecular complexity index is 1200. The van der Waals surface area contributed by atoms with Crippen molar-refractivity contribution in [3.63, 3.8) is 0 Å². The Morgan fingerprint density at radius 1 is 0.789 bits per heavy atom. The van der Waals surface area contributed by atoms with Gasteiger partial charge in [-0.05, 0) is 24.3 Å². The number of carboxylic acids is 2. The van der Waals surface area contributed by atoms with Crippen LogP contribution >= 0.6 is 0 Å². The van der Waals surface area contributed by atoms with E-state index in [1.807, 2.05) is 18.2 Å². The second-order valence-corrected chi connectivity index (χ2v) is 10.5. The minimum absolute atomic E-state index is 0.0125. The van der Waals surface area contributed by atoms with Gasteiger partial charge in [0.05, 0.1) is 24.7 Å². The normalized spacial score (nSPS) is 17.0. The molecule has 0 aromatic heterocycles. The van der Waals surface area contributed by atoms with Crippen molar-refractivity contribution >= 4 is 33.4 Å². The van der Waals surface area contributed by atoms with E-state index in [1.54, 1.807) is 12.1 Å². The van der Waals surface area contributed by atoms with Crippen molar-refractivity contribution in [2.45, 2.75) is 4.90 Å². The van der Waals surface area contributed by atoms with E-state index >= 15 is 0 Å². The lowest BCUT2D eigenvalue weighted by Crippen LogP contribution is -2.48. The van der Waals surface area contributed by atoms with Crippen LogP contribution in [-0.4, -0.2) is 105 Å². The van der Waals surface area contributed by atoms with E-state index in [9.17, 15) is 22.8 Å². The molecule has 0 unspecified atom stereocenters. The number of carbonyl (C=O) groups is 3. The summed E-state index contributed by atoms with van der Waals surface area (Å²) in [5.74, 6) is -2.50. The monoisotopic (exact) mass is 545 g/mol. The molecule has 2 aliphatic rings. The van der Waals surface area contributed by atoms with Crippen molar-refractivity contribution in [2.24, 2.45) is 0 Å². The molecule has 2 fully saturated rings. The van der Waals surface area contributed by atoms with E-state index < -0.39 is 22.0 Å². The van der Waals surface area contributed by atoms with Crippen LogP contribution in [0.4, 0.5) is 5.69 Å². The molecule has 2 aliphatic heterocycles. The van der Waals surface area contributed by atoms with Crippen LogP contribution in [0.15, 0.2) is 71.6 Å². The Balaban J connectivity index is 0.000000436.